The second kappa shape index (κ2) is 4.15. The van der Waals surface area contributed by atoms with E-state index in [1.807, 2.05) is 18.2 Å². The molecule has 1 heterocycles. The Labute approximate surface area is 97.2 Å². The average Bonchev–Trinajstić information content (AvgIpc) is 2.63. The Morgan fingerprint density at radius 3 is 2.94 bits per heavy atom. The van der Waals surface area contributed by atoms with Crippen LogP contribution in [-0.4, -0.2) is 21.7 Å². The molecule has 0 bridgehead atoms. The van der Waals surface area contributed by atoms with Crippen molar-refractivity contribution in [2.75, 3.05) is 0 Å². The van der Waals surface area contributed by atoms with Gasteiger partial charge in [-0.3, -0.25) is 4.79 Å². The molecule has 84 valence electrons. The number of nitrogens with zero attached hydrogens (tertiary/aromatic N) is 1. The lowest BCUT2D eigenvalue weighted by Gasteiger charge is -2.09. The molecule has 0 aliphatic carbocycles. The number of hydrogen-bond donors (Lipinski definition) is 2. The summed E-state index contributed by atoms with van der Waals surface area (Å²) in [5, 5.41) is 10.3. The first-order valence-corrected chi connectivity index (χ1v) is 5.19. The van der Waals surface area contributed by atoms with E-state index >= 15 is 0 Å². The summed E-state index contributed by atoms with van der Waals surface area (Å²) in [5.74, 6) is -1.02. The van der Waals surface area contributed by atoms with Crippen molar-refractivity contribution < 1.29 is 9.90 Å². The molecule has 0 saturated carbocycles. The van der Waals surface area contributed by atoms with Gasteiger partial charge in [-0.05, 0) is 12.1 Å². The first-order valence-electron chi connectivity index (χ1n) is 4.81. The second-order valence-electron chi connectivity index (χ2n) is 3.59. The number of hydrogen-bond acceptors (Lipinski definition) is 2. The molecule has 1 atom stereocenters. The highest BCUT2D eigenvalue weighted by atomic mass is 35.5. The molecule has 3 N–H and O–H groups in total. The van der Waals surface area contributed by atoms with Crippen LogP contribution in [0.25, 0.3) is 10.9 Å². The predicted molar refractivity (Wildman–Crippen MR) is 62.6 cm³/mol. The van der Waals surface area contributed by atoms with Gasteiger partial charge in [0.1, 0.15) is 6.04 Å². The number of halogens is 1. The summed E-state index contributed by atoms with van der Waals surface area (Å²) in [6.45, 7) is 0.211. The molecule has 16 heavy (non-hydrogen) atoms. The smallest absolute Gasteiger partial charge is 0.322 e. The number of aromatic nitrogens is 1. The van der Waals surface area contributed by atoms with Crippen molar-refractivity contribution >= 4 is 28.5 Å². The predicted octanol–water partition coefficient (Wildman–Crippen LogP) is 1.71. The number of carbonyl (C=O) groups is 1. The van der Waals surface area contributed by atoms with Crippen LogP contribution in [0.2, 0.25) is 5.02 Å². The van der Waals surface area contributed by atoms with Crippen LogP contribution in [0.5, 0.6) is 0 Å². The normalized spacial score (nSPS) is 12.9. The lowest BCUT2D eigenvalue weighted by Crippen LogP contribution is -2.34. The summed E-state index contributed by atoms with van der Waals surface area (Å²) in [5.41, 5.74) is 6.31. The standard InChI is InChI=1S/C11H11ClN2O2/c12-8-3-1-2-7-4-5-14(10(7)8)6-9(13)11(15)16/h1-5,9H,6,13H2,(H,15,16). The zero-order chi connectivity index (χ0) is 11.7. The fraction of sp³-hybridized carbons (Fsp3) is 0.182. The lowest BCUT2D eigenvalue weighted by atomic mass is 10.2. The number of carboxylic acids is 1. The zero-order valence-electron chi connectivity index (χ0n) is 8.43. The average molecular weight is 239 g/mol. The maximum absolute atomic E-state index is 10.7. The van der Waals surface area contributed by atoms with Crippen LogP contribution in [0.3, 0.4) is 0 Å². The minimum absolute atomic E-state index is 0.211. The highest BCUT2D eigenvalue weighted by Gasteiger charge is 2.14. The van der Waals surface area contributed by atoms with Gasteiger partial charge in [0.2, 0.25) is 0 Å². The molecular formula is C11H11ClN2O2. The quantitative estimate of drug-likeness (QED) is 0.855. The van der Waals surface area contributed by atoms with E-state index in [-0.39, 0.29) is 6.54 Å². The van der Waals surface area contributed by atoms with Gasteiger partial charge in [-0.2, -0.15) is 0 Å². The van der Waals surface area contributed by atoms with Crippen LogP contribution >= 0.6 is 11.6 Å². The molecule has 1 aromatic carbocycles. The Morgan fingerprint density at radius 1 is 1.50 bits per heavy atom. The molecule has 0 spiro atoms. The maximum atomic E-state index is 10.7. The van der Waals surface area contributed by atoms with Gasteiger partial charge < -0.3 is 15.4 Å². The summed E-state index contributed by atoms with van der Waals surface area (Å²) in [6.07, 6.45) is 1.79. The Hall–Kier alpha value is -1.52. The van der Waals surface area contributed by atoms with Gasteiger partial charge in [0.05, 0.1) is 10.5 Å². The van der Waals surface area contributed by atoms with Gasteiger partial charge in [-0.25, -0.2) is 0 Å². The van der Waals surface area contributed by atoms with E-state index in [0.717, 1.165) is 10.9 Å². The summed E-state index contributed by atoms with van der Waals surface area (Å²) in [6, 6.07) is 6.50. The van der Waals surface area contributed by atoms with Crippen LogP contribution in [0.4, 0.5) is 0 Å². The minimum atomic E-state index is -1.02. The van der Waals surface area contributed by atoms with Crippen molar-refractivity contribution in [2.24, 2.45) is 5.73 Å². The van der Waals surface area contributed by atoms with Crippen molar-refractivity contribution in [3.63, 3.8) is 0 Å². The number of aliphatic carboxylic acids is 1. The second-order valence-corrected chi connectivity index (χ2v) is 4.00. The van der Waals surface area contributed by atoms with Gasteiger partial charge >= 0.3 is 5.97 Å². The van der Waals surface area contributed by atoms with Crippen molar-refractivity contribution in [1.82, 2.24) is 4.57 Å². The molecule has 1 aromatic heterocycles. The molecule has 0 aliphatic heterocycles. The molecule has 0 fully saturated rings. The number of benzene rings is 1. The first kappa shape index (κ1) is 11.0. The van der Waals surface area contributed by atoms with Crippen LogP contribution in [0, 0.1) is 0 Å². The molecule has 5 heteroatoms. The van der Waals surface area contributed by atoms with Crippen molar-refractivity contribution in [3.8, 4) is 0 Å². The van der Waals surface area contributed by atoms with E-state index in [2.05, 4.69) is 0 Å². The summed E-state index contributed by atoms with van der Waals surface area (Å²) < 4.78 is 1.76. The van der Waals surface area contributed by atoms with Crippen molar-refractivity contribution in [2.45, 2.75) is 12.6 Å². The fourth-order valence-corrected chi connectivity index (χ4v) is 1.95. The Morgan fingerprint density at radius 2 is 2.25 bits per heavy atom. The van der Waals surface area contributed by atoms with Crippen LogP contribution < -0.4 is 5.73 Å². The van der Waals surface area contributed by atoms with Gasteiger partial charge in [-0.1, -0.05) is 23.7 Å². The van der Waals surface area contributed by atoms with E-state index in [9.17, 15) is 4.79 Å². The number of para-hydroxylation sites is 1. The molecule has 0 radical (unpaired) electrons. The lowest BCUT2D eigenvalue weighted by molar-refractivity contribution is -0.138. The number of fused-ring (bicyclic) bond motifs is 1. The molecule has 2 rings (SSSR count). The van der Waals surface area contributed by atoms with Gasteiger partial charge in [0.25, 0.3) is 0 Å². The molecule has 4 nitrogen and oxygen atoms in total. The van der Waals surface area contributed by atoms with Gasteiger partial charge in [-0.15, -0.1) is 0 Å². The minimum Gasteiger partial charge on any atom is -0.480 e. The summed E-state index contributed by atoms with van der Waals surface area (Å²) in [7, 11) is 0. The topological polar surface area (TPSA) is 68.2 Å². The highest BCUT2D eigenvalue weighted by Crippen LogP contribution is 2.24. The van der Waals surface area contributed by atoms with E-state index in [1.165, 1.54) is 0 Å². The first-order chi connectivity index (χ1) is 7.59. The molecule has 0 aliphatic rings. The van der Waals surface area contributed by atoms with Crippen molar-refractivity contribution in [1.29, 1.82) is 0 Å². The highest BCUT2D eigenvalue weighted by molar-refractivity contribution is 6.35. The van der Waals surface area contributed by atoms with E-state index in [0.29, 0.717) is 5.02 Å². The van der Waals surface area contributed by atoms with Gasteiger partial charge in [0.15, 0.2) is 0 Å². The molecule has 2 aromatic rings. The van der Waals surface area contributed by atoms with E-state index in [1.54, 1.807) is 16.8 Å². The third-order valence-electron chi connectivity index (χ3n) is 2.45. The zero-order valence-corrected chi connectivity index (χ0v) is 9.19. The third kappa shape index (κ3) is 1.89. The Kier molecular flexibility index (Phi) is 2.85. The van der Waals surface area contributed by atoms with Crippen LogP contribution in [-0.2, 0) is 11.3 Å². The number of rotatable bonds is 3. The van der Waals surface area contributed by atoms with Crippen LogP contribution in [0.15, 0.2) is 30.5 Å². The van der Waals surface area contributed by atoms with E-state index < -0.39 is 12.0 Å². The van der Waals surface area contributed by atoms with E-state index in [4.69, 9.17) is 22.4 Å². The molecule has 1 unspecified atom stereocenters. The Bertz CT molecular complexity index is 536. The molecule has 0 saturated heterocycles. The van der Waals surface area contributed by atoms with Crippen molar-refractivity contribution in [3.05, 3.63) is 35.5 Å². The number of carboxylic acid groups (broad SMARTS) is 1. The molecular weight excluding hydrogens is 228 g/mol. The SMILES string of the molecule is NC(Cn1ccc2cccc(Cl)c21)C(=O)O. The summed E-state index contributed by atoms with van der Waals surface area (Å²) >= 11 is 6.06. The fourth-order valence-electron chi connectivity index (χ4n) is 1.66. The summed E-state index contributed by atoms with van der Waals surface area (Å²) in [4.78, 5) is 10.7. The van der Waals surface area contributed by atoms with Gasteiger partial charge in [0, 0.05) is 18.1 Å². The largest absolute Gasteiger partial charge is 0.480 e. The molecule has 0 amide bonds. The monoisotopic (exact) mass is 238 g/mol. The Balaban J connectivity index is 2.42. The third-order valence-corrected chi connectivity index (χ3v) is 2.75. The number of nitrogens with two attached hydrogens (primary N) is 1. The maximum Gasteiger partial charge on any atom is 0.322 e. The van der Waals surface area contributed by atoms with Crippen LogP contribution in [0.1, 0.15) is 0 Å².